The summed E-state index contributed by atoms with van der Waals surface area (Å²) in [6.07, 6.45) is 2.87. The SMILES string of the molecule is C=CC(=O)OC(C)(CC)CC.N. The van der Waals surface area contributed by atoms with Gasteiger partial charge in [-0.05, 0) is 19.8 Å². The van der Waals surface area contributed by atoms with Gasteiger partial charge in [0.15, 0.2) is 0 Å². The lowest BCUT2D eigenvalue weighted by atomic mass is 10.0. The maximum absolute atomic E-state index is 10.8. The van der Waals surface area contributed by atoms with E-state index in [1.165, 1.54) is 6.08 Å². The molecule has 0 aliphatic rings. The Morgan fingerprint density at radius 2 is 1.92 bits per heavy atom. The number of hydrogen-bond donors (Lipinski definition) is 1. The molecule has 0 unspecified atom stereocenters. The summed E-state index contributed by atoms with van der Waals surface area (Å²) in [5.41, 5.74) is -0.314. The van der Waals surface area contributed by atoms with E-state index >= 15 is 0 Å². The third kappa shape index (κ3) is 4.13. The van der Waals surface area contributed by atoms with Crippen molar-refractivity contribution < 1.29 is 9.53 Å². The van der Waals surface area contributed by atoms with Crippen LogP contribution in [-0.2, 0) is 9.53 Å². The molecule has 0 atom stereocenters. The second-order valence-corrected chi connectivity index (χ2v) is 2.78. The van der Waals surface area contributed by atoms with Gasteiger partial charge in [-0.15, -0.1) is 0 Å². The van der Waals surface area contributed by atoms with Crippen LogP contribution in [0.15, 0.2) is 12.7 Å². The molecule has 3 N–H and O–H groups in total. The average Bonchev–Trinajstić information content (AvgIpc) is 2.04. The molecule has 0 fully saturated rings. The Labute approximate surface area is 74.4 Å². The molecule has 0 spiro atoms. The van der Waals surface area contributed by atoms with Crippen molar-refractivity contribution in [2.45, 2.75) is 39.2 Å². The first-order valence-electron chi connectivity index (χ1n) is 3.93. The van der Waals surface area contributed by atoms with Gasteiger partial charge < -0.3 is 10.9 Å². The highest BCUT2D eigenvalue weighted by Crippen LogP contribution is 2.19. The smallest absolute Gasteiger partial charge is 0.330 e. The van der Waals surface area contributed by atoms with Gasteiger partial charge in [0, 0.05) is 6.08 Å². The number of hydrogen-bond acceptors (Lipinski definition) is 3. The molecule has 12 heavy (non-hydrogen) atoms. The topological polar surface area (TPSA) is 61.3 Å². The molecule has 0 aromatic carbocycles. The molecular weight excluding hydrogens is 154 g/mol. The van der Waals surface area contributed by atoms with E-state index in [9.17, 15) is 4.79 Å². The molecule has 0 aliphatic carbocycles. The number of ether oxygens (including phenoxy) is 1. The summed E-state index contributed by atoms with van der Waals surface area (Å²) in [6, 6.07) is 0. The summed E-state index contributed by atoms with van der Waals surface area (Å²) >= 11 is 0. The van der Waals surface area contributed by atoms with E-state index in [4.69, 9.17) is 4.74 Å². The lowest BCUT2D eigenvalue weighted by molar-refractivity contribution is -0.152. The minimum Gasteiger partial charge on any atom is -0.456 e. The van der Waals surface area contributed by atoms with Gasteiger partial charge in [0.2, 0.25) is 0 Å². The summed E-state index contributed by atoms with van der Waals surface area (Å²) in [5.74, 6) is -0.337. The zero-order chi connectivity index (χ0) is 8.91. The monoisotopic (exact) mass is 173 g/mol. The Balaban J connectivity index is 0. The zero-order valence-electron chi connectivity index (χ0n) is 8.22. The highest BCUT2D eigenvalue weighted by atomic mass is 16.6. The number of carbonyl (C=O) groups excluding carboxylic acids is 1. The third-order valence-corrected chi connectivity index (χ3v) is 2.01. The van der Waals surface area contributed by atoms with Crippen molar-refractivity contribution >= 4 is 5.97 Å². The van der Waals surface area contributed by atoms with E-state index in [2.05, 4.69) is 6.58 Å². The van der Waals surface area contributed by atoms with Crippen molar-refractivity contribution in [2.75, 3.05) is 0 Å². The fourth-order valence-corrected chi connectivity index (χ4v) is 0.679. The van der Waals surface area contributed by atoms with Crippen molar-refractivity contribution in [3.63, 3.8) is 0 Å². The van der Waals surface area contributed by atoms with Crippen LogP contribution in [0.5, 0.6) is 0 Å². The Hall–Kier alpha value is -0.830. The Bertz CT molecular complexity index is 151. The summed E-state index contributed by atoms with van der Waals surface area (Å²) in [5, 5.41) is 0. The fourth-order valence-electron chi connectivity index (χ4n) is 0.679. The minimum absolute atomic E-state index is 0. The molecule has 0 aromatic rings. The van der Waals surface area contributed by atoms with E-state index < -0.39 is 0 Å². The van der Waals surface area contributed by atoms with Gasteiger partial charge in [-0.3, -0.25) is 0 Å². The second-order valence-electron chi connectivity index (χ2n) is 2.78. The molecule has 0 heterocycles. The lowest BCUT2D eigenvalue weighted by Gasteiger charge is -2.25. The number of carbonyl (C=O) groups is 1. The quantitative estimate of drug-likeness (QED) is 0.524. The van der Waals surface area contributed by atoms with Crippen LogP contribution in [-0.4, -0.2) is 11.6 Å². The predicted octanol–water partition coefficient (Wildman–Crippen LogP) is 2.46. The van der Waals surface area contributed by atoms with Gasteiger partial charge in [-0.1, -0.05) is 20.4 Å². The van der Waals surface area contributed by atoms with Crippen molar-refractivity contribution in [2.24, 2.45) is 0 Å². The second kappa shape index (κ2) is 5.77. The largest absolute Gasteiger partial charge is 0.456 e. The molecule has 3 heteroatoms. The van der Waals surface area contributed by atoms with Crippen LogP contribution in [0.1, 0.15) is 33.6 Å². The molecule has 0 saturated heterocycles. The first-order valence-corrected chi connectivity index (χ1v) is 3.93. The van der Waals surface area contributed by atoms with E-state index in [0.29, 0.717) is 0 Å². The van der Waals surface area contributed by atoms with E-state index in [0.717, 1.165) is 12.8 Å². The van der Waals surface area contributed by atoms with Crippen molar-refractivity contribution in [3.05, 3.63) is 12.7 Å². The maximum Gasteiger partial charge on any atom is 0.330 e. The Morgan fingerprint density at radius 3 is 2.17 bits per heavy atom. The highest BCUT2D eigenvalue weighted by Gasteiger charge is 2.22. The van der Waals surface area contributed by atoms with Crippen LogP contribution in [0.4, 0.5) is 0 Å². The average molecular weight is 173 g/mol. The molecule has 72 valence electrons. The van der Waals surface area contributed by atoms with Gasteiger partial charge in [0.1, 0.15) is 5.60 Å². The van der Waals surface area contributed by atoms with Crippen LogP contribution in [0, 0.1) is 0 Å². The molecule has 0 rings (SSSR count). The Kier molecular flexibility index (Phi) is 6.61. The van der Waals surface area contributed by atoms with Crippen LogP contribution in [0.25, 0.3) is 0 Å². The van der Waals surface area contributed by atoms with Gasteiger partial charge in [0.05, 0.1) is 0 Å². The molecule has 0 bridgehead atoms. The summed E-state index contributed by atoms with van der Waals surface area (Å²) in [7, 11) is 0. The van der Waals surface area contributed by atoms with E-state index in [1.54, 1.807) is 0 Å². The molecule has 0 aliphatic heterocycles. The zero-order valence-corrected chi connectivity index (χ0v) is 8.22. The maximum atomic E-state index is 10.8. The van der Waals surface area contributed by atoms with Crippen molar-refractivity contribution in [3.8, 4) is 0 Å². The summed E-state index contributed by atoms with van der Waals surface area (Å²) < 4.78 is 5.13. The van der Waals surface area contributed by atoms with Crippen LogP contribution >= 0.6 is 0 Å². The normalized spacial score (nSPS) is 9.92. The number of esters is 1. The van der Waals surface area contributed by atoms with Crippen molar-refractivity contribution in [1.82, 2.24) is 6.15 Å². The van der Waals surface area contributed by atoms with Gasteiger partial charge >= 0.3 is 5.97 Å². The minimum atomic E-state index is -0.337. The first kappa shape index (κ1) is 13.7. The van der Waals surface area contributed by atoms with Crippen LogP contribution in [0.3, 0.4) is 0 Å². The third-order valence-electron chi connectivity index (χ3n) is 2.01. The molecule has 0 amide bonds. The molecule has 3 nitrogen and oxygen atoms in total. The predicted molar refractivity (Wildman–Crippen MR) is 50.3 cm³/mol. The molecule has 0 radical (unpaired) electrons. The molecular formula is C9H19NO2. The first-order chi connectivity index (χ1) is 5.08. The van der Waals surface area contributed by atoms with Crippen LogP contribution in [0.2, 0.25) is 0 Å². The van der Waals surface area contributed by atoms with E-state index in [1.807, 2.05) is 20.8 Å². The number of rotatable bonds is 4. The van der Waals surface area contributed by atoms with Crippen LogP contribution < -0.4 is 6.15 Å². The van der Waals surface area contributed by atoms with Gasteiger partial charge in [-0.25, -0.2) is 4.79 Å². The fraction of sp³-hybridized carbons (Fsp3) is 0.667. The highest BCUT2D eigenvalue weighted by molar-refractivity contribution is 5.81. The lowest BCUT2D eigenvalue weighted by Crippen LogP contribution is -2.29. The van der Waals surface area contributed by atoms with Crippen molar-refractivity contribution in [1.29, 1.82) is 0 Å². The van der Waals surface area contributed by atoms with E-state index in [-0.39, 0.29) is 17.7 Å². The van der Waals surface area contributed by atoms with Gasteiger partial charge in [-0.2, -0.15) is 0 Å². The van der Waals surface area contributed by atoms with Gasteiger partial charge in [0.25, 0.3) is 0 Å². The standard InChI is InChI=1S/C9H16O2.H3N/c1-5-8(10)11-9(4,6-2)7-3;/h5H,1,6-7H2,2-4H3;1H3. The molecule has 0 saturated carbocycles. The summed E-state index contributed by atoms with van der Waals surface area (Å²) in [6.45, 7) is 9.26. The molecule has 0 aromatic heterocycles. The Morgan fingerprint density at radius 1 is 1.50 bits per heavy atom. The summed E-state index contributed by atoms with van der Waals surface area (Å²) in [4.78, 5) is 10.8.